The average Bonchev–Trinajstić information content (AvgIpc) is 2.39. The molecule has 0 radical (unpaired) electrons. The van der Waals surface area contributed by atoms with Gasteiger partial charge in [0.05, 0.1) is 0 Å². The van der Waals surface area contributed by atoms with Crippen LogP contribution in [0.2, 0.25) is 0 Å². The van der Waals surface area contributed by atoms with Gasteiger partial charge in [-0.2, -0.15) is 4.42 Å². The van der Waals surface area contributed by atoms with Gasteiger partial charge in [0.2, 0.25) is 0 Å². The van der Waals surface area contributed by atoms with Crippen LogP contribution >= 0.6 is 11.8 Å². The highest BCUT2D eigenvalue weighted by molar-refractivity contribution is 6.38. The van der Waals surface area contributed by atoms with Crippen molar-refractivity contribution in [2.24, 2.45) is 0 Å². The molecule has 1 amide bonds. The molecule has 1 aromatic carbocycles. The Morgan fingerprint density at radius 3 is 2.38 bits per heavy atom. The first-order valence-corrected chi connectivity index (χ1v) is 5.09. The van der Waals surface area contributed by atoms with E-state index in [0.717, 1.165) is 4.42 Å². The van der Waals surface area contributed by atoms with Gasteiger partial charge >= 0.3 is 0 Å². The van der Waals surface area contributed by atoms with Crippen molar-refractivity contribution in [3.63, 3.8) is 0 Å². The van der Waals surface area contributed by atoms with Crippen molar-refractivity contribution in [1.29, 1.82) is 0 Å². The largest absolute Gasteiger partial charge is 0.274 e. The topological polar surface area (TPSA) is 33.2 Å². The van der Waals surface area contributed by atoms with Crippen LogP contribution in [0.25, 0.3) is 0 Å². The summed E-state index contributed by atoms with van der Waals surface area (Å²) < 4.78 is 1.01. The Labute approximate surface area is 98.4 Å². The first kappa shape index (κ1) is 10.6. The van der Waals surface area contributed by atoms with Crippen LogP contribution in [0.5, 0.6) is 0 Å². The summed E-state index contributed by atoms with van der Waals surface area (Å²) in [5.74, 6) is 0.124. The van der Waals surface area contributed by atoms with E-state index in [1.54, 1.807) is 48.7 Å². The Hall–Kier alpha value is -1.87. The van der Waals surface area contributed by atoms with Gasteiger partial charge in [0.1, 0.15) is 0 Å². The molecule has 1 aromatic heterocycles. The Morgan fingerprint density at radius 2 is 1.75 bits per heavy atom. The van der Waals surface area contributed by atoms with E-state index in [1.807, 2.05) is 6.07 Å². The highest BCUT2D eigenvalue weighted by Crippen LogP contribution is 2.15. The summed E-state index contributed by atoms with van der Waals surface area (Å²) >= 11 is 5.91. The second-order valence-electron chi connectivity index (χ2n) is 3.14. The number of carbonyl (C=O) groups excluding carboxylic acids is 1. The maximum absolute atomic E-state index is 11.9. The molecule has 0 saturated heterocycles. The number of anilines is 1. The van der Waals surface area contributed by atoms with Crippen LogP contribution < -0.4 is 4.42 Å². The fraction of sp³-hybridized carbons (Fsp3) is 0. The molecule has 0 atom stereocenters. The van der Waals surface area contributed by atoms with Gasteiger partial charge in [-0.05, 0) is 24.3 Å². The van der Waals surface area contributed by atoms with Crippen molar-refractivity contribution in [1.82, 2.24) is 4.98 Å². The molecule has 80 valence electrons. The number of nitrogens with zero attached hydrogens (tertiary/aromatic N) is 2. The van der Waals surface area contributed by atoms with Crippen molar-refractivity contribution in [3.05, 3.63) is 60.3 Å². The lowest BCUT2D eigenvalue weighted by molar-refractivity contribution is 0.100. The fourth-order valence-electron chi connectivity index (χ4n) is 1.27. The Kier molecular flexibility index (Phi) is 3.17. The van der Waals surface area contributed by atoms with Crippen LogP contribution in [0.3, 0.4) is 0 Å². The number of aromatic nitrogens is 1. The van der Waals surface area contributed by atoms with Crippen LogP contribution in [0.1, 0.15) is 10.4 Å². The van der Waals surface area contributed by atoms with Crippen LogP contribution in [-0.2, 0) is 0 Å². The molecule has 0 saturated carbocycles. The Morgan fingerprint density at radius 1 is 1.06 bits per heavy atom. The van der Waals surface area contributed by atoms with E-state index < -0.39 is 0 Å². The molecule has 0 aliphatic rings. The van der Waals surface area contributed by atoms with Gasteiger partial charge in [-0.25, -0.2) is 4.98 Å². The zero-order valence-corrected chi connectivity index (χ0v) is 9.13. The average molecular weight is 233 g/mol. The molecular formula is C12H9ClN2O. The van der Waals surface area contributed by atoms with Crippen molar-refractivity contribution in [3.8, 4) is 0 Å². The fourth-order valence-corrected chi connectivity index (χ4v) is 1.47. The number of amides is 1. The summed E-state index contributed by atoms with van der Waals surface area (Å²) in [6, 6.07) is 14.1. The number of hydrogen-bond donors (Lipinski definition) is 0. The number of pyridine rings is 1. The highest BCUT2D eigenvalue weighted by atomic mass is 35.5. The van der Waals surface area contributed by atoms with Gasteiger partial charge in [0.25, 0.3) is 5.91 Å². The number of benzene rings is 1. The van der Waals surface area contributed by atoms with E-state index >= 15 is 0 Å². The van der Waals surface area contributed by atoms with E-state index in [1.165, 1.54) is 0 Å². The third-order valence-electron chi connectivity index (χ3n) is 2.05. The number of hydrogen-bond acceptors (Lipinski definition) is 2. The molecule has 0 bridgehead atoms. The molecule has 4 heteroatoms. The predicted molar refractivity (Wildman–Crippen MR) is 63.3 cm³/mol. The molecule has 0 aliphatic heterocycles. The molecule has 0 unspecified atom stereocenters. The van der Waals surface area contributed by atoms with Crippen molar-refractivity contribution < 1.29 is 4.79 Å². The number of halogens is 1. The molecule has 1 heterocycles. The monoisotopic (exact) mass is 232 g/mol. The van der Waals surface area contributed by atoms with Gasteiger partial charge in [-0.15, -0.1) is 0 Å². The minimum atomic E-state index is -0.291. The number of rotatable bonds is 2. The summed E-state index contributed by atoms with van der Waals surface area (Å²) in [5, 5.41) is 0. The van der Waals surface area contributed by atoms with Gasteiger partial charge < -0.3 is 0 Å². The normalized spacial score (nSPS) is 9.81. The quantitative estimate of drug-likeness (QED) is 0.746. The molecule has 0 fully saturated rings. The second-order valence-corrected chi connectivity index (χ2v) is 3.48. The maximum atomic E-state index is 11.9. The first-order valence-electron chi connectivity index (χ1n) is 4.75. The lowest BCUT2D eigenvalue weighted by Crippen LogP contribution is -2.21. The third kappa shape index (κ3) is 2.20. The van der Waals surface area contributed by atoms with E-state index in [4.69, 9.17) is 11.8 Å². The summed E-state index contributed by atoms with van der Waals surface area (Å²) in [6.45, 7) is 0. The van der Waals surface area contributed by atoms with E-state index in [-0.39, 0.29) is 5.91 Å². The Bertz CT molecular complexity index is 473. The summed E-state index contributed by atoms with van der Waals surface area (Å²) in [5.41, 5.74) is 0.531. The summed E-state index contributed by atoms with van der Waals surface area (Å²) in [7, 11) is 0. The second kappa shape index (κ2) is 4.77. The molecule has 3 nitrogen and oxygen atoms in total. The molecule has 0 spiro atoms. The van der Waals surface area contributed by atoms with Crippen LogP contribution in [0, 0.1) is 0 Å². The zero-order valence-electron chi connectivity index (χ0n) is 8.38. The van der Waals surface area contributed by atoms with Gasteiger partial charge in [0, 0.05) is 23.5 Å². The van der Waals surface area contributed by atoms with Crippen molar-refractivity contribution in [2.75, 3.05) is 4.42 Å². The smallest absolute Gasteiger partial charge is 0.267 e. The van der Waals surface area contributed by atoms with E-state index in [9.17, 15) is 4.79 Å². The first-order chi connectivity index (χ1) is 7.79. The lowest BCUT2D eigenvalue weighted by atomic mass is 10.2. The van der Waals surface area contributed by atoms with Crippen LogP contribution in [0.4, 0.5) is 5.82 Å². The molecule has 0 aliphatic carbocycles. The summed E-state index contributed by atoms with van der Waals surface area (Å²) in [4.78, 5) is 15.9. The summed E-state index contributed by atoms with van der Waals surface area (Å²) in [6.07, 6.45) is 1.59. The van der Waals surface area contributed by atoms with Gasteiger partial charge in [-0.1, -0.05) is 24.3 Å². The van der Waals surface area contributed by atoms with E-state index in [2.05, 4.69) is 4.98 Å². The van der Waals surface area contributed by atoms with Gasteiger partial charge in [-0.3, -0.25) is 4.79 Å². The number of carbonyl (C=O) groups is 1. The molecule has 2 aromatic rings. The SMILES string of the molecule is O=C(c1ccccc1)N(Cl)c1ccccn1. The highest BCUT2D eigenvalue weighted by Gasteiger charge is 2.15. The van der Waals surface area contributed by atoms with Crippen molar-refractivity contribution >= 4 is 23.5 Å². The van der Waals surface area contributed by atoms with E-state index in [0.29, 0.717) is 11.4 Å². The minimum Gasteiger partial charge on any atom is -0.267 e. The molecular weight excluding hydrogens is 224 g/mol. The third-order valence-corrected chi connectivity index (χ3v) is 2.38. The minimum absolute atomic E-state index is 0.291. The maximum Gasteiger partial charge on any atom is 0.274 e. The molecule has 2 rings (SSSR count). The van der Waals surface area contributed by atoms with Crippen LogP contribution in [-0.4, -0.2) is 10.9 Å². The van der Waals surface area contributed by atoms with Crippen LogP contribution in [0.15, 0.2) is 54.7 Å². The molecule has 0 N–H and O–H groups in total. The predicted octanol–water partition coefficient (Wildman–Crippen LogP) is 2.88. The Balaban J connectivity index is 2.24. The molecule has 16 heavy (non-hydrogen) atoms. The standard InChI is InChI=1S/C12H9ClN2O/c13-15(11-8-4-5-9-14-11)12(16)10-6-2-1-3-7-10/h1-9H. The lowest BCUT2D eigenvalue weighted by Gasteiger charge is -2.12. The van der Waals surface area contributed by atoms with Gasteiger partial charge in [0.15, 0.2) is 5.82 Å². The zero-order chi connectivity index (χ0) is 11.4. The van der Waals surface area contributed by atoms with Crippen molar-refractivity contribution in [2.45, 2.75) is 0 Å².